The summed E-state index contributed by atoms with van der Waals surface area (Å²) < 4.78 is 5.28. The minimum Gasteiger partial charge on any atom is -0.487 e. The van der Waals surface area contributed by atoms with Gasteiger partial charge in [-0.05, 0) is 25.0 Å². The van der Waals surface area contributed by atoms with Crippen molar-refractivity contribution >= 4 is 0 Å². The van der Waals surface area contributed by atoms with Crippen LogP contribution in [0, 0.1) is 13.5 Å². The highest BCUT2D eigenvalue weighted by Gasteiger charge is 1.89. The van der Waals surface area contributed by atoms with Crippen LogP contribution in [-0.4, -0.2) is 0 Å². The van der Waals surface area contributed by atoms with Crippen molar-refractivity contribution in [2.24, 2.45) is 0 Å². The zero-order valence-electron chi connectivity index (χ0n) is 6.49. The minimum absolute atomic E-state index is 0.882. The standard InChI is InChI=1S/C10H12O/c1-2-3-9-11-10-7-5-4-6-8-10/h4-9H,1-3H2. The maximum Gasteiger partial charge on any atom is 0.135 e. The van der Waals surface area contributed by atoms with Crippen molar-refractivity contribution in [2.75, 3.05) is 0 Å². The first-order valence-electron chi connectivity index (χ1n) is 3.76. The predicted octanol–water partition coefficient (Wildman–Crippen LogP) is 2.84. The Bertz CT molecular complexity index is 181. The Balaban J connectivity index is 2.28. The lowest BCUT2D eigenvalue weighted by atomic mass is 10.3. The number of para-hydroxylation sites is 1. The van der Waals surface area contributed by atoms with Crippen molar-refractivity contribution in [1.82, 2.24) is 0 Å². The zero-order chi connectivity index (χ0) is 7.94. The highest BCUT2D eigenvalue weighted by Crippen LogP contribution is 2.10. The third-order valence-electron chi connectivity index (χ3n) is 1.28. The lowest BCUT2D eigenvalue weighted by molar-refractivity contribution is 0.392. The average Bonchev–Trinajstić information content (AvgIpc) is 2.07. The molecular formula is C10H12O. The summed E-state index contributed by atoms with van der Waals surface area (Å²) in [6, 6.07) is 9.73. The van der Waals surface area contributed by atoms with E-state index in [9.17, 15) is 0 Å². The third kappa shape index (κ3) is 3.08. The van der Waals surface area contributed by atoms with Crippen LogP contribution in [-0.2, 0) is 0 Å². The fraction of sp³-hybridized carbons (Fsp3) is 0.200. The molecular weight excluding hydrogens is 136 g/mol. The molecule has 11 heavy (non-hydrogen) atoms. The Morgan fingerprint density at radius 1 is 1.27 bits per heavy atom. The molecule has 0 fully saturated rings. The summed E-state index contributed by atoms with van der Waals surface area (Å²) in [5.41, 5.74) is 0. The number of ether oxygens (including phenoxy) is 1. The molecule has 0 aliphatic rings. The van der Waals surface area contributed by atoms with Gasteiger partial charge < -0.3 is 4.74 Å². The van der Waals surface area contributed by atoms with Crippen LogP contribution in [0.25, 0.3) is 0 Å². The molecule has 0 aliphatic carbocycles. The second-order valence-electron chi connectivity index (χ2n) is 2.24. The monoisotopic (exact) mass is 148 g/mol. The average molecular weight is 148 g/mol. The molecule has 1 nitrogen and oxygen atoms in total. The van der Waals surface area contributed by atoms with E-state index in [0.717, 1.165) is 18.6 Å². The highest BCUT2D eigenvalue weighted by molar-refractivity contribution is 5.21. The first kappa shape index (κ1) is 8.12. The fourth-order valence-corrected chi connectivity index (χ4v) is 0.738. The van der Waals surface area contributed by atoms with Crippen molar-refractivity contribution in [2.45, 2.75) is 12.8 Å². The molecule has 0 N–H and O–H groups in total. The zero-order valence-corrected chi connectivity index (χ0v) is 6.49. The van der Waals surface area contributed by atoms with E-state index in [-0.39, 0.29) is 0 Å². The Labute approximate surface area is 68.0 Å². The van der Waals surface area contributed by atoms with Crippen LogP contribution in [0.5, 0.6) is 5.75 Å². The molecule has 1 rings (SSSR count). The Hall–Kier alpha value is -0.980. The molecule has 0 atom stereocenters. The van der Waals surface area contributed by atoms with Gasteiger partial charge >= 0.3 is 0 Å². The van der Waals surface area contributed by atoms with Crippen molar-refractivity contribution < 1.29 is 4.74 Å². The molecule has 2 radical (unpaired) electrons. The van der Waals surface area contributed by atoms with Crippen molar-refractivity contribution in [3.8, 4) is 5.75 Å². The van der Waals surface area contributed by atoms with Crippen LogP contribution in [0.15, 0.2) is 30.3 Å². The molecule has 0 aliphatic heterocycles. The van der Waals surface area contributed by atoms with Crippen molar-refractivity contribution in [3.63, 3.8) is 0 Å². The van der Waals surface area contributed by atoms with Gasteiger partial charge in [-0.15, -0.1) is 0 Å². The second kappa shape index (κ2) is 4.78. The van der Waals surface area contributed by atoms with Gasteiger partial charge in [-0.25, -0.2) is 0 Å². The lowest BCUT2D eigenvalue weighted by Crippen LogP contribution is -1.88. The van der Waals surface area contributed by atoms with Gasteiger partial charge in [0.15, 0.2) is 0 Å². The van der Waals surface area contributed by atoms with E-state index >= 15 is 0 Å². The van der Waals surface area contributed by atoms with Gasteiger partial charge in [0, 0.05) is 0 Å². The maximum absolute atomic E-state index is 5.28. The molecule has 58 valence electrons. The molecule has 0 saturated heterocycles. The Kier molecular flexibility index (Phi) is 3.53. The molecule has 0 bridgehead atoms. The topological polar surface area (TPSA) is 9.23 Å². The van der Waals surface area contributed by atoms with Gasteiger partial charge in [0.25, 0.3) is 0 Å². The Morgan fingerprint density at radius 3 is 2.64 bits per heavy atom. The summed E-state index contributed by atoms with van der Waals surface area (Å²) in [5.74, 6) is 0.890. The van der Waals surface area contributed by atoms with Crippen molar-refractivity contribution in [3.05, 3.63) is 43.9 Å². The van der Waals surface area contributed by atoms with Gasteiger partial charge in [0.1, 0.15) is 12.4 Å². The molecule has 0 spiro atoms. The second-order valence-corrected chi connectivity index (χ2v) is 2.24. The molecule has 1 aromatic rings. The summed E-state index contributed by atoms with van der Waals surface area (Å²) in [6.45, 7) is 5.49. The maximum atomic E-state index is 5.28. The number of benzene rings is 1. The van der Waals surface area contributed by atoms with E-state index in [1.807, 2.05) is 30.3 Å². The lowest BCUT2D eigenvalue weighted by Gasteiger charge is -2.02. The molecule has 0 aromatic heterocycles. The van der Waals surface area contributed by atoms with Crippen LogP contribution in [0.4, 0.5) is 0 Å². The predicted molar refractivity (Wildman–Crippen MR) is 46.0 cm³/mol. The van der Waals surface area contributed by atoms with Crippen LogP contribution in [0.2, 0.25) is 0 Å². The van der Waals surface area contributed by atoms with E-state index in [1.165, 1.54) is 0 Å². The molecule has 0 unspecified atom stereocenters. The third-order valence-corrected chi connectivity index (χ3v) is 1.28. The fourth-order valence-electron chi connectivity index (χ4n) is 0.738. The Morgan fingerprint density at radius 2 is 2.00 bits per heavy atom. The number of rotatable bonds is 4. The molecule has 1 heteroatoms. The van der Waals surface area contributed by atoms with Gasteiger partial charge in [0.2, 0.25) is 0 Å². The number of hydrogen-bond acceptors (Lipinski definition) is 1. The van der Waals surface area contributed by atoms with E-state index in [2.05, 4.69) is 6.92 Å². The minimum atomic E-state index is 0.882. The van der Waals surface area contributed by atoms with E-state index < -0.39 is 0 Å². The molecule has 1 aromatic carbocycles. The normalized spacial score (nSPS) is 9.55. The van der Waals surface area contributed by atoms with Crippen LogP contribution >= 0.6 is 0 Å². The SMILES string of the molecule is [CH2]CC[CH]Oc1ccccc1. The largest absolute Gasteiger partial charge is 0.487 e. The van der Waals surface area contributed by atoms with E-state index in [1.54, 1.807) is 6.61 Å². The molecule has 0 amide bonds. The summed E-state index contributed by atoms with van der Waals surface area (Å²) >= 11 is 0. The van der Waals surface area contributed by atoms with Gasteiger partial charge in [0.05, 0.1) is 0 Å². The quantitative estimate of drug-likeness (QED) is 0.596. The van der Waals surface area contributed by atoms with Crippen molar-refractivity contribution in [1.29, 1.82) is 0 Å². The molecule has 0 saturated carbocycles. The smallest absolute Gasteiger partial charge is 0.135 e. The number of hydrogen-bond donors (Lipinski definition) is 0. The van der Waals surface area contributed by atoms with Gasteiger partial charge in [-0.2, -0.15) is 0 Å². The first-order valence-corrected chi connectivity index (χ1v) is 3.76. The van der Waals surface area contributed by atoms with E-state index in [0.29, 0.717) is 0 Å². The highest BCUT2D eigenvalue weighted by atomic mass is 16.5. The number of unbranched alkanes of at least 4 members (excludes halogenated alkanes) is 1. The summed E-state index contributed by atoms with van der Waals surface area (Å²) in [5, 5.41) is 0. The van der Waals surface area contributed by atoms with Gasteiger partial charge in [-0.1, -0.05) is 25.1 Å². The van der Waals surface area contributed by atoms with Crippen LogP contribution < -0.4 is 4.74 Å². The molecule has 0 heterocycles. The summed E-state index contributed by atoms with van der Waals surface area (Å²) in [4.78, 5) is 0. The van der Waals surface area contributed by atoms with Crippen LogP contribution in [0.1, 0.15) is 12.8 Å². The first-order chi connectivity index (χ1) is 5.43. The van der Waals surface area contributed by atoms with Crippen LogP contribution in [0.3, 0.4) is 0 Å². The van der Waals surface area contributed by atoms with E-state index in [4.69, 9.17) is 4.74 Å². The summed E-state index contributed by atoms with van der Waals surface area (Å²) in [6.07, 6.45) is 1.78. The van der Waals surface area contributed by atoms with Gasteiger partial charge in [-0.3, -0.25) is 0 Å². The summed E-state index contributed by atoms with van der Waals surface area (Å²) in [7, 11) is 0.